The number of rotatable bonds is 6. The van der Waals surface area contributed by atoms with Crippen LogP contribution in [-0.2, 0) is 10.0 Å². The Labute approximate surface area is 141 Å². The van der Waals surface area contributed by atoms with Crippen LogP contribution in [0.2, 0.25) is 0 Å². The van der Waals surface area contributed by atoms with E-state index in [1.54, 1.807) is 43.3 Å². The molecule has 0 aliphatic heterocycles. The van der Waals surface area contributed by atoms with Gasteiger partial charge in [0.05, 0.1) is 11.1 Å². The van der Waals surface area contributed by atoms with E-state index in [0.29, 0.717) is 16.9 Å². The van der Waals surface area contributed by atoms with Crippen molar-refractivity contribution < 1.29 is 13.2 Å². The normalized spacial score (nSPS) is 11.2. The van der Waals surface area contributed by atoms with E-state index in [0.717, 1.165) is 5.56 Å². The number of benzene rings is 2. The van der Waals surface area contributed by atoms with Gasteiger partial charge < -0.3 is 4.74 Å². The summed E-state index contributed by atoms with van der Waals surface area (Å²) in [6, 6.07) is 13.9. The van der Waals surface area contributed by atoms with E-state index in [1.807, 2.05) is 19.1 Å². The number of hydrazone groups is 1. The van der Waals surface area contributed by atoms with Crippen LogP contribution >= 0.6 is 0 Å². The molecule has 0 heterocycles. The van der Waals surface area contributed by atoms with Gasteiger partial charge in [-0.3, -0.25) is 0 Å². The summed E-state index contributed by atoms with van der Waals surface area (Å²) in [5.74, 6) is 0.560. The molecule has 2 rings (SSSR count). The summed E-state index contributed by atoms with van der Waals surface area (Å²) >= 11 is 0. The Hall–Kier alpha value is -2.85. The Bertz CT molecular complexity index is 882. The van der Waals surface area contributed by atoms with Gasteiger partial charge in [0.1, 0.15) is 11.8 Å². The Kier molecular flexibility index (Phi) is 5.55. The van der Waals surface area contributed by atoms with Gasteiger partial charge >= 0.3 is 0 Å². The first-order valence-corrected chi connectivity index (χ1v) is 8.62. The molecule has 0 radical (unpaired) electrons. The molecule has 7 heteroatoms. The fourth-order valence-corrected chi connectivity index (χ4v) is 3.10. The van der Waals surface area contributed by atoms with E-state index in [1.165, 1.54) is 6.21 Å². The molecule has 2 aromatic rings. The van der Waals surface area contributed by atoms with Gasteiger partial charge in [0.2, 0.25) is 0 Å². The number of hydrogen-bond acceptors (Lipinski definition) is 5. The average molecular weight is 343 g/mol. The van der Waals surface area contributed by atoms with Gasteiger partial charge in [-0.25, -0.2) is 4.83 Å². The maximum absolute atomic E-state index is 12.3. The van der Waals surface area contributed by atoms with Crippen LogP contribution in [0.5, 0.6) is 5.75 Å². The van der Waals surface area contributed by atoms with Crippen LogP contribution in [0.25, 0.3) is 0 Å². The Morgan fingerprint density at radius 2 is 1.92 bits per heavy atom. The molecule has 6 nitrogen and oxygen atoms in total. The summed E-state index contributed by atoms with van der Waals surface area (Å²) < 4.78 is 29.7. The van der Waals surface area contributed by atoms with Crippen LogP contribution in [0.1, 0.15) is 16.7 Å². The molecule has 0 saturated carbocycles. The maximum Gasteiger partial charge on any atom is 0.276 e. The van der Waals surface area contributed by atoms with Crippen LogP contribution in [0.15, 0.2) is 52.5 Å². The zero-order valence-corrected chi connectivity index (χ0v) is 14.2. The third-order valence-electron chi connectivity index (χ3n) is 3.20. The largest absolute Gasteiger partial charge is 0.479 e. The SMILES string of the molecule is Cc1ccc(C)c(S(=O)(=O)N/N=C\c2ccc(OCC#N)cc2)c1. The van der Waals surface area contributed by atoms with E-state index in [4.69, 9.17) is 10.00 Å². The third-order valence-corrected chi connectivity index (χ3v) is 4.57. The lowest BCUT2D eigenvalue weighted by Crippen LogP contribution is -2.19. The van der Waals surface area contributed by atoms with Crippen LogP contribution in [0, 0.1) is 25.2 Å². The lowest BCUT2D eigenvalue weighted by molar-refractivity contribution is 0.368. The number of hydrogen-bond donors (Lipinski definition) is 1. The number of nitriles is 1. The number of ether oxygens (including phenoxy) is 1. The summed E-state index contributed by atoms with van der Waals surface area (Å²) in [4.78, 5) is 2.42. The molecule has 124 valence electrons. The maximum atomic E-state index is 12.3. The molecule has 0 aliphatic carbocycles. The smallest absolute Gasteiger partial charge is 0.276 e. The molecule has 0 unspecified atom stereocenters. The van der Waals surface area contributed by atoms with Crippen molar-refractivity contribution in [3.63, 3.8) is 0 Å². The predicted molar refractivity (Wildman–Crippen MR) is 91.4 cm³/mol. The second-order valence-electron chi connectivity index (χ2n) is 5.14. The second kappa shape index (κ2) is 7.62. The van der Waals surface area contributed by atoms with E-state index >= 15 is 0 Å². The minimum absolute atomic E-state index is 0.0247. The second-order valence-corrected chi connectivity index (χ2v) is 6.77. The van der Waals surface area contributed by atoms with Gasteiger partial charge in [-0.1, -0.05) is 12.1 Å². The molecule has 0 bridgehead atoms. The van der Waals surface area contributed by atoms with E-state index < -0.39 is 10.0 Å². The standard InChI is InChI=1S/C17H17N3O3S/c1-13-3-4-14(2)17(11-13)24(21,22)20-19-12-15-5-7-16(8-6-15)23-10-9-18/h3-8,11-12,20H,10H2,1-2H3/b19-12-. The third kappa shape index (κ3) is 4.57. The Balaban J connectivity index is 2.07. The van der Waals surface area contributed by atoms with Crippen molar-refractivity contribution >= 4 is 16.2 Å². The average Bonchev–Trinajstić information content (AvgIpc) is 2.56. The molecule has 2 aromatic carbocycles. The highest BCUT2D eigenvalue weighted by molar-refractivity contribution is 7.89. The first-order chi connectivity index (χ1) is 11.4. The zero-order chi connectivity index (χ0) is 17.6. The van der Waals surface area contributed by atoms with E-state index in [2.05, 4.69) is 9.93 Å². The van der Waals surface area contributed by atoms with Crippen molar-refractivity contribution in [1.82, 2.24) is 4.83 Å². The molecule has 0 saturated heterocycles. The highest BCUT2D eigenvalue weighted by Crippen LogP contribution is 2.16. The molecule has 0 atom stereocenters. The van der Waals surface area contributed by atoms with Crippen LogP contribution in [0.3, 0.4) is 0 Å². The summed E-state index contributed by atoms with van der Waals surface area (Å²) in [6.45, 7) is 3.54. The number of nitrogens with one attached hydrogen (secondary N) is 1. The Morgan fingerprint density at radius 3 is 2.58 bits per heavy atom. The quantitative estimate of drug-likeness (QED) is 0.644. The zero-order valence-electron chi connectivity index (χ0n) is 13.4. The van der Waals surface area contributed by atoms with Crippen molar-refractivity contribution in [1.29, 1.82) is 5.26 Å². The Morgan fingerprint density at radius 1 is 1.21 bits per heavy atom. The molecule has 0 aliphatic rings. The fourth-order valence-electron chi connectivity index (χ4n) is 1.98. The number of aryl methyl sites for hydroxylation is 2. The molecule has 0 aromatic heterocycles. The molecule has 0 spiro atoms. The summed E-state index contributed by atoms with van der Waals surface area (Å²) in [7, 11) is -3.71. The lowest BCUT2D eigenvalue weighted by atomic mass is 10.2. The molecule has 0 amide bonds. The van der Waals surface area contributed by atoms with Crippen molar-refractivity contribution in [3.8, 4) is 11.8 Å². The molecular formula is C17H17N3O3S. The lowest BCUT2D eigenvalue weighted by Gasteiger charge is -2.07. The van der Waals surface area contributed by atoms with Crippen LogP contribution < -0.4 is 9.57 Å². The van der Waals surface area contributed by atoms with Gasteiger partial charge in [0, 0.05) is 0 Å². The van der Waals surface area contributed by atoms with Gasteiger partial charge in [0.25, 0.3) is 10.0 Å². The highest BCUT2D eigenvalue weighted by Gasteiger charge is 2.15. The van der Waals surface area contributed by atoms with Crippen molar-refractivity contribution in [3.05, 3.63) is 59.2 Å². The molecule has 1 N–H and O–H groups in total. The fraction of sp³-hybridized carbons (Fsp3) is 0.176. The predicted octanol–water partition coefficient (Wildman–Crippen LogP) is 2.52. The van der Waals surface area contributed by atoms with Crippen molar-refractivity contribution in [2.24, 2.45) is 5.10 Å². The molecular weight excluding hydrogens is 326 g/mol. The number of sulfonamides is 1. The van der Waals surface area contributed by atoms with Gasteiger partial charge in [-0.2, -0.15) is 18.8 Å². The topological polar surface area (TPSA) is 91.6 Å². The summed E-state index contributed by atoms with van der Waals surface area (Å²) in [5.41, 5.74) is 2.21. The summed E-state index contributed by atoms with van der Waals surface area (Å²) in [5, 5.41) is 12.2. The molecule has 24 heavy (non-hydrogen) atoms. The monoisotopic (exact) mass is 343 g/mol. The van der Waals surface area contributed by atoms with Crippen LogP contribution in [-0.4, -0.2) is 21.2 Å². The van der Waals surface area contributed by atoms with Gasteiger partial charge in [-0.05, 0) is 60.9 Å². The minimum Gasteiger partial charge on any atom is -0.479 e. The van der Waals surface area contributed by atoms with Crippen LogP contribution in [0.4, 0.5) is 0 Å². The first-order valence-electron chi connectivity index (χ1n) is 7.14. The van der Waals surface area contributed by atoms with Crippen molar-refractivity contribution in [2.75, 3.05) is 6.61 Å². The van der Waals surface area contributed by atoms with E-state index in [9.17, 15) is 8.42 Å². The first kappa shape index (κ1) is 17.5. The van der Waals surface area contributed by atoms with Gasteiger partial charge in [0.15, 0.2) is 6.61 Å². The minimum atomic E-state index is -3.71. The van der Waals surface area contributed by atoms with E-state index in [-0.39, 0.29) is 11.5 Å². The molecule has 0 fully saturated rings. The van der Waals surface area contributed by atoms with Gasteiger partial charge in [-0.15, -0.1) is 0 Å². The highest BCUT2D eigenvalue weighted by atomic mass is 32.2. The van der Waals surface area contributed by atoms with Crippen molar-refractivity contribution in [2.45, 2.75) is 18.7 Å². The number of nitrogens with zero attached hydrogens (tertiary/aromatic N) is 2. The summed E-state index contributed by atoms with van der Waals surface area (Å²) in [6.07, 6.45) is 1.40.